The largest absolute Gasteiger partial charge is 0.463 e. The molecule has 0 bridgehead atoms. The third-order valence-corrected chi connectivity index (χ3v) is 4.49. The quantitative estimate of drug-likeness (QED) is 0.106. The van der Waals surface area contributed by atoms with Crippen LogP contribution in [0.2, 0.25) is 0 Å². The molecule has 0 N–H and O–H groups in total. The molecule has 0 amide bonds. The molecule has 0 heterocycles. The lowest BCUT2D eigenvalue weighted by atomic mass is 10.2. The Morgan fingerprint density at radius 3 is 1.11 bits per heavy atom. The van der Waals surface area contributed by atoms with Crippen LogP contribution in [-0.4, -0.2) is 118 Å². The van der Waals surface area contributed by atoms with Crippen LogP contribution < -0.4 is 0 Å². The molecule has 36 heavy (non-hydrogen) atoms. The number of ether oxygens (including phenoxy) is 9. The van der Waals surface area contributed by atoms with Gasteiger partial charge in [0, 0.05) is 13.3 Å². The number of carbonyl (C=O) groups is 2. The molecule has 0 fully saturated rings. The zero-order valence-corrected chi connectivity index (χ0v) is 22.3. The Bertz CT molecular complexity index is 477. The predicted molar refractivity (Wildman–Crippen MR) is 132 cm³/mol. The van der Waals surface area contributed by atoms with E-state index in [0.717, 1.165) is 25.7 Å². The van der Waals surface area contributed by atoms with Gasteiger partial charge in [0.05, 0.1) is 92.5 Å². The van der Waals surface area contributed by atoms with Gasteiger partial charge in [-0.2, -0.15) is 0 Å². The Hall–Kier alpha value is -1.34. The topological polar surface area (TPSA) is 117 Å². The zero-order valence-electron chi connectivity index (χ0n) is 22.3. The molecule has 0 aromatic rings. The van der Waals surface area contributed by atoms with Gasteiger partial charge < -0.3 is 42.6 Å². The number of rotatable bonds is 29. The lowest BCUT2D eigenvalue weighted by Gasteiger charge is -2.09. The van der Waals surface area contributed by atoms with Crippen LogP contribution in [0.5, 0.6) is 0 Å². The van der Waals surface area contributed by atoms with Crippen molar-refractivity contribution >= 4 is 11.9 Å². The molecule has 0 rings (SSSR count). The van der Waals surface area contributed by atoms with E-state index in [1.807, 2.05) is 0 Å². The fourth-order valence-corrected chi connectivity index (χ4v) is 2.65. The third kappa shape index (κ3) is 30.7. The summed E-state index contributed by atoms with van der Waals surface area (Å²) >= 11 is 0. The summed E-state index contributed by atoms with van der Waals surface area (Å²) in [5, 5.41) is 0. The molecule has 11 nitrogen and oxygen atoms in total. The molecule has 214 valence electrons. The first-order valence-electron chi connectivity index (χ1n) is 13.0. The van der Waals surface area contributed by atoms with Crippen molar-refractivity contribution in [3.63, 3.8) is 0 Å². The summed E-state index contributed by atoms with van der Waals surface area (Å²) in [4.78, 5) is 22.1. The first-order chi connectivity index (χ1) is 17.7. The maximum Gasteiger partial charge on any atom is 0.305 e. The summed E-state index contributed by atoms with van der Waals surface area (Å²) in [6.45, 7) is 10.5. The molecule has 0 aliphatic carbocycles. The minimum atomic E-state index is -0.312. The number of unbranched alkanes of at least 4 members (excludes halogenated alkanes) is 3. The Kier molecular flexibility index (Phi) is 28.8. The van der Waals surface area contributed by atoms with Crippen molar-refractivity contribution in [3.05, 3.63) is 0 Å². The van der Waals surface area contributed by atoms with Crippen molar-refractivity contribution in [1.82, 2.24) is 0 Å². The molecular weight excluding hydrogens is 476 g/mol. The van der Waals surface area contributed by atoms with Crippen LogP contribution in [-0.2, 0) is 52.2 Å². The number of esters is 2. The van der Waals surface area contributed by atoms with E-state index in [2.05, 4.69) is 6.92 Å². The number of carbonyl (C=O) groups excluding carboxylic acids is 2. The molecule has 0 radical (unpaired) electrons. The van der Waals surface area contributed by atoms with Crippen molar-refractivity contribution in [2.45, 2.75) is 46.0 Å². The Morgan fingerprint density at radius 1 is 0.444 bits per heavy atom. The van der Waals surface area contributed by atoms with Crippen LogP contribution in [0.15, 0.2) is 0 Å². The Morgan fingerprint density at radius 2 is 0.778 bits per heavy atom. The van der Waals surface area contributed by atoms with Gasteiger partial charge in [-0.25, -0.2) is 0 Å². The van der Waals surface area contributed by atoms with Crippen LogP contribution in [0.4, 0.5) is 0 Å². The molecule has 0 aliphatic rings. The summed E-state index contributed by atoms with van der Waals surface area (Å²) < 4.78 is 47.5. The van der Waals surface area contributed by atoms with Crippen molar-refractivity contribution in [3.8, 4) is 0 Å². The first-order valence-corrected chi connectivity index (χ1v) is 13.0. The molecular formula is C25H48O11. The van der Waals surface area contributed by atoms with Gasteiger partial charge in [0.2, 0.25) is 0 Å². The summed E-state index contributed by atoms with van der Waals surface area (Å²) in [5.41, 5.74) is 0. The molecule has 0 atom stereocenters. The van der Waals surface area contributed by atoms with E-state index in [-0.39, 0.29) is 25.2 Å². The fraction of sp³-hybridized carbons (Fsp3) is 0.920. The summed E-state index contributed by atoms with van der Waals surface area (Å²) in [5.74, 6) is -0.466. The zero-order chi connectivity index (χ0) is 26.4. The number of hydrogen-bond acceptors (Lipinski definition) is 11. The maximum absolute atomic E-state index is 11.5. The minimum Gasteiger partial charge on any atom is -0.463 e. The summed E-state index contributed by atoms with van der Waals surface area (Å²) in [6, 6.07) is 0. The van der Waals surface area contributed by atoms with Gasteiger partial charge in [0.1, 0.15) is 13.2 Å². The van der Waals surface area contributed by atoms with E-state index in [0.29, 0.717) is 98.9 Å². The Balaban J connectivity index is 3.08. The van der Waals surface area contributed by atoms with Crippen LogP contribution >= 0.6 is 0 Å². The molecule has 0 aromatic carbocycles. The number of hydrogen-bond donors (Lipinski definition) is 0. The molecule has 0 saturated heterocycles. The van der Waals surface area contributed by atoms with E-state index in [1.54, 1.807) is 0 Å². The minimum absolute atomic E-state index is 0.154. The van der Waals surface area contributed by atoms with Crippen molar-refractivity contribution < 1.29 is 52.2 Å². The van der Waals surface area contributed by atoms with Gasteiger partial charge in [-0.05, 0) is 6.42 Å². The fourth-order valence-electron chi connectivity index (χ4n) is 2.65. The summed E-state index contributed by atoms with van der Waals surface area (Å²) in [7, 11) is 0. The normalized spacial score (nSPS) is 11.1. The second-order valence-corrected chi connectivity index (χ2v) is 7.66. The van der Waals surface area contributed by atoms with Gasteiger partial charge >= 0.3 is 11.9 Å². The van der Waals surface area contributed by atoms with Gasteiger partial charge in [-0.15, -0.1) is 0 Å². The lowest BCUT2D eigenvalue weighted by Crippen LogP contribution is -2.15. The highest BCUT2D eigenvalue weighted by Crippen LogP contribution is 2.03. The second kappa shape index (κ2) is 29.9. The average molecular weight is 525 g/mol. The molecule has 0 saturated carbocycles. The van der Waals surface area contributed by atoms with Crippen LogP contribution in [0, 0.1) is 0 Å². The van der Waals surface area contributed by atoms with E-state index < -0.39 is 0 Å². The Labute approximate surface area is 216 Å². The molecule has 0 unspecified atom stereocenters. The highest BCUT2D eigenvalue weighted by atomic mass is 16.6. The van der Waals surface area contributed by atoms with Crippen LogP contribution in [0.25, 0.3) is 0 Å². The first kappa shape index (κ1) is 34.7. The van der Waals surface area contributed by atoms with Crippen LogP contribution in [0.1, 0.15) is 46.0 Å². The van der Waals surface area contributed by atoms with Crippen molar-refractivity contribution in [1.29, 1.82) is 0 Å². The second-order valence-electron chi connectivity index (χ2n) is 7.66. The highest BCUT2D eigenvalue weighted by molar-refractivity contribution is 5.69. The average Bonchev–Trinajstić information content (AvgIpc) is 2.86. The third-order valence-electron chi connectivity index (χ3n) is 4.49. The SMILES string of the molecule is CCCCCCC(=O)OCCOCCOCCOCCOCCOCCOCCOCCOC(C)=O. The molecule has 11 heteroatoms. The maximum atomic E-state index is 11.5. The van der Waals surface area contributed by atoms with E-state index in [9.17, 15) is 9.59 Å². The molecule has 0 aromatic heterocycles. The van der Waals surface area contributed by atoms with Gasteiger partial charge in [-0.3, -0.25) is 9.59 Å². The van der Waals surface area contributed by atoms with E-state index >= 15 is 0 Å². The standard InChI is InChI=1S/C25H48O11/c1-3-4-5-6-7-25(27)36-23-21-34-19-17-32-15-13-30-11-9-28-8-10-29-12-14-31-16-18-33-20-22-35-24(2)26/h3-23H2,1-2H3. The van der Waals surface area contributed by atoms with E-state index in [1.165, 1.54) is 6.92 Å². The molecule has 0 spiro atoms. The van der Waals surface area contributed by atoms with Crippen molar-refractivity contribution in [2.24, 2.45) is 0 Å². The smallest absolute Gasteiger partial charge is 0.305 e. The molecule has 0 aliphatic heterocycles. The van der Waals surface area contributed by atoms with Crippen LogP contribution in [0.3, 0.4) is 0 Å². The van der Waals surface area contributed by atoms with Gasteiger partial charge in [0.15, 0.2) is 0 Å². The predicted octanol–water partition coefficient (Wildman–Crippen LogP) is 2.18. The highest BCUT2D eigenvalue weighted by Gasteiger charge is 2.02. The monoisotopic (exact) mass is 524 g/mol. The van der Waals surface area contributed by atoms with Gasteiger partial charge in [-0.1, -0.05) is 26.2 Å². The van der Waals surface area contributed by atoms with Gasteiger partial charge in [0.25, 0.3) is 0 Å². The summed E-state index contributed by atoms with van der Waals surface area (Å²) in [6.07, 6.45) is 4.76. The lowest BCUT2D eigenvalue weighted by molar-refractivity contribution is -0.145. The van der Waals surface area contributed by atoms with Crippen molar-refractivity contribution in [2.75, 3.05) is 106 Å². The van der Waals surface area contributed by atoms with E-state index in [4.69, 9.17) is 42.6 Å².